The van der Waals surface area contributed by atoms with Gasteiger partial charge < -0.3 is 4.90 Å². The number of rotatable bonds is 1. The molecule has 3 nitrogen and oxygen atoms in total. The van der Waals surface area contributed by atoms with Crippen LogP contribution < -0.4 is 4.90 Å². The Labute approximate surface area is 97.4 Å². The van der Waals surface area contributed by atoms with Gasteiger partial charge in [-0.2, -0.15) is 0 Å². The van der Waals surface area contributed by atoms with Gasteiger partial charge >= 0.3 is 0 Å². The summed E-state index contributed by atoms with van der Waals surface area (Å²) in [5.74, 6) is 1.06. The summed E-state index contributed by atoms with van der Waals surface area (Å²) in [6.07, 6.45) is 5.63. The molecule has 1 aromatic heterocycles. The topological polar surface area (TPSA) is 29.0 Å². The molecule has 4 heteroatoms. The number of hydrogen-bond donors (Lipinski definition) is 0. The molecule has 0 N–H and O–H groups in total. The van der Waals surface area contributed by atoms with Crippen LogP contribution in [0, 0.1) is 3.57 Å². The van der Waals surface area contributed by atoms with Crippen molar-refractivity contribution in [3.8, 4) is 0 Å². The van der Waals surface area contributed by atoms with E-state index < -0.39 is 0 Å². The Morgan fingerprint density at radius 1 is 1.36 bits per heavy atom. The highest BCUT2D eigenvalue weighted by Crippen LogP contribution is 2.23. The number of nitrogens with zero attached hydrogens (tertiary/aromatic N) is 3. The molecule has 14 heavy (non-hydrogen) atoms. The van der Waals surface area contributed by atoms with E-state index in [0.29, 0.717) is 0 Å². The Kier molecular flexibility index (Phi) is 3.00. The fraction of sp³-hybridized carbons (Fsp3) is 0.400. The van der Waals surface area contributed by atoms with Crippen LogP contribution >= 0.6 is 22.6 Å². The summed E-state index contributed by atoms with van der Waals surface area (Å²) in [7, 11) is 0. The lowest BCUT2D eigenvalue weighted by Crippen LogP contribution is -2.31. The maximum absolute atomic E-state index is 4.30. The molecule has 1 saturated heterocycles. The molecular weight excluding hydrogens is 289 g/mol. The van der Waals surface area contributed by atoms with Crippen LogP contribution in [-0.4, -0.2) is 23.1 Å². The van der Waals surface area contributed by atoms with Crippen molar-refractivity contribution in [3.63, 3.8) is 0 Å². The molecular formula is C10H12IN3. The first kappa shape index (κ1) is 9.89. The van der Waals surface area contributed by atoms with Crippen LogP contribution in [-0.2, 0) is 0 Å². The molecule has 74 valence electrons. The number of anilines is 1. The van der Waals surface area contributed by atoms with Gasteiger partial charge in [-0.25, -0.2) is 9.97 Å². The van der Waals surface area contributed by atoms with E-state index in [1.807, 2.05) is 6.20 Å². The first-order valence-electron chi connectivity index (χ1n) is 4.64. The first-order valence-corrected chi connectivity index (χ1v) is 5.72. The summed E-state index contributed by atoms with van der Waals surface area (Å²) >= 11 is 2.28. The third-order valence-corrected chi connectivity index (χ3v) is 3.18. The van der Waals surface area contributed by atoms with Crippen LogP contribution in [0.3, 0.4) is 0 Å². The molecule has 1 aromatic rings. The zero-order valence-corrected chi connectivity index (χ0v) is 10.1. The first-order chi connectivity index (χ1) is 6.77. The number of halogens is 1. The van der Waals surface area contributed by atoms with Crippen molar-refractivity contribution in [1.29, 1.82) is 0 Å². The summed E-state index contributed by atoms with van der Waals surface area (Å²) in [4.78, 5) is 10.6. The van der Waals surface area contributed by atoms with Crippen molar-refractivity contribution in [2.75, 3.05) is 18.0 Å². The maximum Gasteiger partial charge on any atom is 0.145 e. The molecule has 0 aliphatic carbocycles. The minimum Gasteiger partial charge on any atom is -0.355 e. The average Bonchev–Trinajstić information content (AvgIpc) is 2.20. The molecule has 2 heterocycles. The summed E-state index contributed by atoms with van der Waals surface area (Å²) < 4.78 is 1.12. The van der Waals surface area contributed by atoms with Gasteiger partial charge in [-0.1, -0.05) is 12.2 Å². The Hall–Kier alpha value is -0.650. The number of hydrogen-bond acceptors (Lipinski definition) is 3. The summed E-state index contributed by atoms with van der Waals surface area (Å²) in [6.45, 7) is 6.07. The van der Waals surface area contributed by atoms with Crippen LogP contribution in [0.2, 0.25) is 0 Å². The lowest BCUT2D eigenvalue weighted by Gasteiger charge is -2.29. The van der Waals surface area contributed by atoms with Crippen LogP contribution in [0.1, 0.15) is 12.8 Å². The zero-order valence-electron chi connectivity index (χ0n) is 7.91. The van der Waals surface area contributed by atoms with E-state index in [-0.39, 0.29) is 0 Å². The van der Waals surface area contributed by atoms with Gasteiger partial charge in [0, 0.05) is 19.3 Å². The van der Waals surface area contributed by atoms with Gasteiger partial charge in [0.2, 0.25) is 0 Å². The monoisotopic (exact) mass is 301 g/mol. The Balaban J connectivity index is 2.16. The van der Waals surface area contributed by atoms with E-state index >= 15 is 0 Å². The van der Waals surface area contributed by atoms with Crippen LogP contribution in [0.5, 0.6) is 0 Å². The van der Waals surface area contributed by atoms with Crippen molar-refractivity contribution in [1.82, 2.24) is 9.97 Å². The van der Waals surface area contributed by atoms with Gasteiger partial charge in [-0.05, 0) is 35.4 Å². The largest absolute Gasteiger partial charge is 0.355 e. The predicted molar refractivity (Wildman–Crippen MR) is 65.3 cm³/mol. The van der Waals surface area contributed by atoms with Gasteiger partial charge in [0.05, 0.1) is 3.57 Å². The van der Waals surface area contributed by atoms with E-state index in [1.54, 1.807) is 6.33 Å². The van der Waals surface area contributed by atoms with E-state index in [1.165, 1.54) is 5.57 Å². The zero-order chi connectivity index (χ0) is 9.97. The lowest BCUT2D eigenvalue weighted by atomic mass is 10.1. The van der Waals surface area contributed by atoms with Gasteiger partial charge in [-0.15, -0.1) is 0 Å². The molecule has 0 radical (unpaired) electrons. The van der Waals surface area contributed by atoms with Crippen molar-refractivity contribution in [3.05, 3.63) is 28.2 Å². The van der Waals surface area contributed by atoms with Crippen molar-refractivity contribution >= 4 is 28.4 Å². The molecule has 0 amide bonds. The summed E-state index contributed by atoms with van der Waals surface area (Å²) in [5, 5.41) is 0. The summed E-state index contributed by atoms with van der Waals surface area (Å²) in [6, 6.07) is 0. The molecule has 0 spiro atoms. The minimum atomic E-state index is 1.03. The highest BCUT2D eigenvalue weighted by molar-refractivity contribution is 14.1. The fourth-order valence-corrected chi connectivity index (χ4v) is 2.21. The third-order valence-electron chi connectivity index (χ3n) is 2.42. The van der Waals surface area contributed by atoms with Gasteiger partial charge in [0.1, 0.15) is 12.1 Å². The second-order valence-corrected chi connectivity index (χ2v) is 4.59. The van der Waals surface area contributed by atoms with Crippen molar-refractivity contribution < 1.29 is 0 Å². The van der Waals surface area contributed by atoms with E-state index in [2.05, 4.69) is 44.0 Å². The van der Waals surface area contributed by atoms with E-state index in [9.17, 15) is 0 Å². The quantitative estimate of drug-likeness (QED) is 0.588. The second-order valence-electron chi connectivity index (χ2n) is 3.43. The molecule has 1 fully saturated rings. The summed E-state index contributed by atoms with van der Waals surface area (Å²) in [5.41, 5.74) is 1.35. The van der Waals surface area contributed by atoms with Gasteiger partial charge in [0.25, 0.3) is 0 Å². The molecule has 0 unspecified atom stereocenters. The van der Waals surface area contributed by atoms with E-state index in [0.717, 1.165) is 35.3 Å². The molecule has 0 aromatic carbocycles. The number of aromatic nitrogens is 2. The normalized spacial score (nSPS) is 17.2. The van der Waals surface area contributed by atoms with Crippen LogP contribution in [0.25, 0.3) is 0 Å². The van der Waals surface area contributed by atoms with Gasteiger partial charge in [-0.3, -0.25) is 0 Å². The SMILES string of the molecule is C=C1CCN(c2ncncc2I)CC1. The smallest absolute Gasteiger partial charge is 0.145 e. The standard InChI is InChI=1S/C10H12IN3/c1-8-2-4-14(5-3-8)10-9(11)6-12-7-13-10/h6-7H,1-5H2. The molecule has 0 saturated carbocycles. The lowest BCUT2D eigenvalue weighted by molar-refractivity contribution is 0.676. The third kappa shape index (κ3) is 2.05. The highest BCUT2D eigenvalue weighted by Gasteiger charge is 2.15. The van der Waals surface area contributed by atoms with Crippen LogP contribution in [0.15, 0.2) is 24.7 Å². The fourth-order valence-electron chi connectivity index (χ4n) is 1.57. The highest BCUT2D eigenvalue weighted by atomic mass is 127. The molecule has 0 bridgehead atoms. The number of piperidine rings is 1. The molecule has 1 aliphatic rings. The molecule has 0 atom stereocenters. The molecule has 1 aliphatic heterocycles. The molecule has 2 rings (SSSR count). The van der Waals surface area contributed by atoms with E-state index in [4.69, 9.17) is 0 Å². The average molecular weight is 301 g/mol. The van der Waals surface area contributed by atoms with Crippen molar-refractivity contribution in [2.24, 2.45) is 0 Å². The minimum absolute atomic E-state index is 1.03. The van der Waals surface area contributed by atoms with Gasteiger partial charge in [0.15, 0.2) is 0 Å². The Morgan fingerprint density at radius 3 is 2.71 bits per heavy atom. The Morgan fingerprint density at radius 2 is 2.07 bits per heavy atom. The Bertz CT molecular complexity index is 341. The van der Waals surface area contributed by atoms with Crippen molar-refractivity contribution in [2.45, 2.75) is 12.8 Å². The maximum atomic E-state index is 4.30. The van der Waals surface area contributed by atoms with Crippen LogP contribution in [0.4, 0.5) is 5.82 Å². The second kappa shape index (κ2) is 4.25. The predicted octanol–water partition coefficient (Wildman–Crippen LogP) is 2.24.